The lowest BCUT2D eigenvalue weighted by atomic mass is 10.5. The van der Waals surface area contributed by atoms with Crippen molar-refractivity contribution in [1.82, 2.24) is 9.78 Å². The molecule has 0 saturated carbocycles. The molecule has 0 aromatic carbocycles. The molecule has 0 radical (unpaired) electrons. The highest BCUT2D eigenvalue weighted by atomic mass is 79.9. The number of aromatic nitrogens is 2. The quantitative estimate of drug-likeness (QED) is 0.617. The van der Waals surface area contributed by atoms with E-state index in [1.165, 1.54) is 10.7 Å². The van der Waals surface area contributed by atoms with Crippen molar-refractivity contribution < 1.29 is 4.39 Å². The first-order chi connectivity index (χ1) is 4.24. The van der Waals surface area contributed by atoms with E-state index in [9.17, 15) is 4.39 Å². The molecule has 0 fully saturated rings. The Balaban J connectivity index is 2.98. The molecule has 1 aromatic heterocycles. The zero-order valence-corrected chi connectivity index (χ0v) is 6.52. The third-order valence-corrected chi connectivity index (χ3v) is 1.58. The summed E-state index contributed by atoms with van der Waals surface area (Å²) in [4.78, 5) is 0. The molecule has 0 aliphatic rings. The highest BCUT2D eigenvalue weighted by Gasteiger charge is 2.00. The van der Waals surface area contributed by atoms with Crippen molar-refractivity contribution in [3.05, 3.63) is 17.7 Å². The van der Waals surface area contributed by atoms with Crippen LogP contribution in [-0.2, 0) is 12.4 Å². The smallest absolute Gasteiger partial charge is 0.211 e. The highest BCUT2D eigenvalue weighted by molar-refractivity contribution is 9.08. The van der Waals surface area contributed by atoms with Gasteiger partial charge in [-0.25, -0.2) is 4.68 Å². The van der Waals surface area contributed by atoms with Crippen LogP contribution in [-0.4, -0.2) is 9.78 Å². The zero-order valence-electron chi connectivity index (χ0n) is 4.93. The van der Waals surface area contributed by atoms with Crippen LogP contribution in [0.1, 0.15) is 5.69 Å². The van der Waals surface area contributed by atoms with E-state index in [1.54, 1.807) is 7.05 Å². The van der Waals surface area contributed by atoms with E-state index >= 15 is 0 Å². The summed E-state index contributed by atoms with van der Waals surface area (Å²) in [6.45, 7) is 0. The minimum absolute atomic E-state index is 0.301. The first kappa shape index (κ1) is 6.74. The topological polar surface area (TPSA) is 17.8 Å². The second-order valence-corrected chi connectivity index (χ2v) is 2.28. The Morgan fingerprint density at radius 3 is 2.78 bits per heavy atom. The Labute approximate surface area is 60.8 Å². The predicted molar refractivity (Wildman–Crippen MR) is 35.8 cm³/mol. The first-order valence-electron chi connectivity index (χ1n) is 2.48. The molecule has 0 amide bonds. The molecule has 4 heteroatoms. The fraction of sp³-hybridized carbons (Fsp3) is 0.400. The van der Waals surface area contributed by atoms with Gasteiger partial charge in [-0.1, -0.05) is 15.9 Å². The van der Waals surface area contributed by atoms with Gasteiger partial charge in [-0.05, 0) is 0 Å². The molecule has 0 N–H and O–H groups in total. The van der Waals surface area contributed by atoms with Gasteiger partial charge < -0.3 is 0 Å². The van der Waals surface area contributed by atoms with E-state index in [4.69, 9.17) is 0 Å². The number of hydrogen-bond donors (Lipinski definition) is 0. The van der Waals surface area contributed by atoms with Crippen molar-refractivity contribution in [3.8, 4) is 0 Å². The van der Waals surface area contributed by atoms with E-state index < -0.39 is 0 Å². The Hall–Kier alpha value is -0.380. The number of aryl methyl sites for hydroxylation is 1. The second-order valence-electron chi connectivity index (χ2n) is 1.72. The summed E-state index contributed by atoms with van der Waals surface area (Å²) in [5, 5.41) is 4.43. The second kappa shape index (κ2) is 2.47. The van der Waals surface area contributed by atoms with Gasteiger partial charge in [-0.15, -0.1) is 0 Å². The van der Waals surface area contributed by atoms with Gasteiger partial charge in [0.2, 0.25) is 5.95 Å². The minimum Gasteiger partial charge on any atom is -0.242 e. The van der Waals surface area contributed by atoms with Gasteiger partial charge in [0.1, 0.15) is 0 Å². The number of hydrogen-bond acceptors (Lipinski definition) is 1. The SMILES string of the molecule is Cn1nc(CBr)cc1F. The number of rotatable bonds is 1. The van der Waals surface area contributed by atoms with Gasteiger partial charge in [-0.2, -0.15) is 9.49 Å². The van der Waals surface area contributed by atoms with E-state index in [0.29, 0.717) is 5.33 Å². The average molecular weight is 193 g/mol. The molecule has 50 valence electrons. The summed E-state index contributed by atoms with van der Waals surface area (Å²) in [7, 11) is 1.57. The van der Waals surface area contributed by atoms with E-state index in [1.807, 2.05) is 0 Å². The van der Waals surface area contributed by atoms with Crippen LogP contribution in [0.5, 0.6) is 0 Å². The number of nitrogens with zero attached hydrogens (tertiary/aromatic N) is 2. The third-order valence-electron chi connectivity index (χ3n) is 1.01. The maximum Gasteiger partial charge on any atom is 0.211 e. The summed E-state index contributed by atoms with van der Waals surface area (Å²) >= 11 is 3.16. The van der Waals surface area contributed by atoms with Crippen molar-refractivity contribution in [2.45, 2.75) is 5.33 Å². The lowest BCUT2D eigenvalue weighted by Gasteiger charge is -1.84. The molecule has 0 atom stereocenters. The van der Waals surface area contributed by atoms with Crippen molar-refractivity contribution in [2.75, 3.05) is 0 Å². The summed E-state index contributed by atoms with van der Waals surface area (Å²) < 4.78 is 13.6. The molecule has 1 heterocycles. The monoisotopic (exact) mass is 192 g/mol. The lowest BCUT2D eigenvalue weighted by Crippen LogP contribution is -1.93. The predicted octanol–water partition coefficient (Wildman–Crippen LogP) is 1.45. The van der Waals surface area contributed by atoms with E-state index in [-0.39, 0.29) is 5.95 Å². The Kier molecular flexibility index (Phi) is 1.85. The van der Waals surface area contributed by atoms with Crippen LogP contribution in [0, 0.1) is 5.95 Å². The van der Waals surface area contributed by atoms with Crippen molar-refractivity contribution >= 4 is 15.9 Å². The van der Waals surface area contributed by atoms with Crippen LogP contribution in [0.15, 0.2) is 6.07 Å². The van der Waals surface area contributed by atoms with Crippen molar-refractivity contribution in [1.29, 1.82) is 0 Å². The van der Waals surface area contributed by atoms with Crippen LogP contribution in [0.25, 0.3) is 0 Å². The summed E-state index contributed by atoms with van der Waals surface area (Å²) in [5.41, 5.74) is 0.718. The van der Waals surface area contributed by atoms with E-state index in [0.717, 1.165) is 5.69 Å². The minimum atomic E-state index is -0.301. The van der Waals surface area contributed by atoms with Crippen LogP contribution < -0.4 is 0 Å². The molecule has 9 heavy (non-hydrogen) atoms. The molecule has 0 spiro atoms. The first-order valence-corrected chi connectivity index (χ1v) is 3.60. The van der Waals surface area contributed by atoms with Gasteiger partial charge in [0.15, 0.2) is 0 Å². The third kappa shape index (κ3) is 1.30. The Bertz CT molecular complexity index is 189. The Morgan fingerprint density at radius 2 is 2.56 bits per heavy atom. The molecular weight excluding hydrogens is 187 g/mol. The normalized spacial score (nSPS) is 10.1. The lowest BCUT2D eigenvalue weighted by molar-refractivity contribution is 0.503. The van der Waals surface area contributed by atoms with Gasteiger partial charge in [0.25, 0.3) is 0 Å². The molecule has 1 rings (SSSR count). The standard InChI is InChI=1S/C5H6BrFN2/c1-9-5(7)2-4(3-6)8-9/h2H,3H2,1H3. The highest BCUT2D eigenvalue weighted by Crippen LogP contribution is 2.03. The molecule has 0 bridgehead atoms. The average Bonchev–Trinajstić information content (AvgIpc) is 2.13. The van der Waals surface area contributed by atoms with Crippen molar-refractivity contribution in [2.24, 2.45) is 7.05 Å². The number of halogens is 2. The van der Waals surface area contributed by atoms with Gasteiger partial charge in [-0.3, -0.25) is 0 Å². The Morgan fingerprint density at radius 1 is 1.89 bits per heavy atom. The van der Waals surface area contributed by atoms with Crippen LogP contribution in [0.4, 0.5) is 4.39 Å². The molecule has 2 nitrogen and oxygen atoms in total. The van der Waals surface area contributed by atoms with Gasteiger partial charge in [0.05, 0.1) is 5.69 Å². The molecule has 1 aromatic rings. The number of alkyl halides is 1. The summed E-state index contributed by atoms with van der Waals surface area (Å²) in [5.74, 6) is -0.301. The maximum atomic E-state index is 12.4. The molecule has 0 aliphatic heterocycles. The molecule has 0 aliphatic carbocycles. The van der Waals surface area contributed by atoms with Gasteiger partial charge >= 0.3 is 0 Å². The maximum absolute atomic E-state index is 12.4. The summed E-state index contributed by atoms with van der Waals surface area (Å²) in [6.07, 6.45) is 0. The van der Waals surface area contributed by atoms with Crippen LogP contribution >= 0.6 is 15.9 Å². The van der Waals surface area contributed by atoms with Crippen molar-refractivity contribution in [3.63, 3.8) is 0 Å². The molecule has 0 unspecified atom stereocenters. The summed E-state index contributed by atoms with van der Waals surface area (Å²) in [6, 6.07) is 1.40. The van der Waals surface area contributed by atoms with Crippen LogP contribution in [0.3, 0.4) is 0 Å². The van der Waals surface area contributed by atoms with E-state index in [2.05, 4.69) is 21.0 Å². The fourth-order valence-corrected chi connectivity index (χ4v) is 0.840. The van der Waals surface area contributed by atoms with Crippen LogP contribution in [0.2, 0.25) is 0 Å². The fourth-order valence-electron chi connectivity index (χ4n) is 0.566. The molecule has 0 saturated heterocycles. The zero-order chi connectivity index (χ0) is 6.85. The largest absolute Gasteiger partial charge is 0.242 e. The van der Waals surface area contributed by atoms with Gasteiger partial charge in [0, 0.05) is 18.4 Å². The molecular formula is C5H6BrFN2.